The number of hydrogen-bond acceptors (Lipinski definition) is 4. The van der Waals surface area contributed by atoms with Gasteiger partial charge in [0.15, 0.2) is 0 Å². The summed E-state index contributed by atoms with van der Waals surface area (Å²) in [5.41, 5.74) is 2.98. The number of pyridine rings is 2. The molecule has 4 heterocycles. The summed E-state index contributed by atoms with van der Waals surface area (Å²) < 4.78 is 1.94. The summed E-state index contributed by atoms with van der Waals surface area (Å²) in [6, 6.07) is 5.87. The molecule has 6 nitrogen and oxygen atoms in total. The Morgan fingerprint density at radius 1 is 1.14 bits per heavy atom. The molecule has 4 aromatic heterocycles. The molecule has 0 aliphatic rings. The van der Waals surface area contributed by atoms with Gasteiger partial charge in [0, 0.05) is 42.0 Å². The van der Waals surface area contributed by atoms with Crippen molar-refractivity contribution in [1.82, 2.24) is 24.5 Å². The topological polar surface area (TPSA) is 83.2 Å². The van der Waals surface area contributed by atoms with Gasteiger partial charge in [0.25, 0.3) is 0 Å². The second-order valence-electron chi connectivity index (χ2n) is 4.83. The predicted molar refractivity (Wildman–Crippen MR) is 78.3 cm³/mol. The molecule has 4 aromatic rings. The van der Waals surface area contributed by atoms with Crippen LogP contribution in [-0.2, 0) is 7.05 Å². The molecule has 0 unspecified atom stereocenters. The van der Waals surface area contributed by atoms with E-state index in [1.54, 1.807) is 24.7 Å². The molecule has 0 amide bonds. The van der Waals surface area contributed by atoms with Crippen molar-refractivity contribution in [3.05, 3.63) is 42.6 Å². The van der Waals surface area contributed by atoms with Crippen molar-refractivity contribution in [1.29, 1.82) is 5.26 Å². The average Bonchev–Trinajstić information content (AvgIpc) is 3.09. The summed E-state index contributed by atoms with van der Waals surface area (Å²) in [6.07, 6.45) is 7.10. The van der Waals surface area contributed by atoms with Gasteiger partial charge in [0.05, 0.1) is 11.7 Å². The van der Waals surface area contributed by atoms with Gasteiger partial charge in [-0.1, -0.05) is 0 Å². The maximum Gasteiger partial charge on any atom is 0.141 e. The molecule has 0 radical (unpaired) electrons. The molecule has 0 saturated carbocycles. The summed E-state index contributed by atoms with van der Waals surface area (Å²) in [6.45, 7) is 0. The molecule has 21 heavy (non-hydrogen) atoms. The highest BCUT2D eigenvalue weighted by Gasteiger charge is 2.10. The van der Waals surface area contributed by atoms with Gasteiger partial charge in [0.1, 0.15) is 23.2 Å². The third-order valence-electron chi connectivity index (χ3n) is 3.53. The molecule has 0 aliphatic heterocycles. The van der Waals surface area contributed by atoms with Gasteiger partial charge < -0.3 is 9.55 Å². The number of nitrogens with one attached hydrogen (secondary N) is 1. The minimum atomic E-state index is 0.394. The molecule has 100 valence electrons. The largest absolute Gasteiger partial charge is 0.338 e. The monoisotopic (exact) mass is 274 g/mol. The van der Waals surface area contributed by atoms with Crippen molar-refractivity contribution in [3.8, 4) is 17.5 Å². The smallest absolute Gasteiger partial charge is 0.141 e. The lowest BCUT2D eigenvalue weighted by atomic mass is 10.1. The van der Waals surface area contributed by atoms with Crippen LogP contribution in [0.25, 0.3) is 33.3 Å². The van der Waals surface area contributed by atoms with E-state index in [9.17, 15) is 0 Å². The normalized spacial score (nSPS) is 11.0. The number of aromatic nitrogens is 5. The van der Waals surface area contributed by atoms with Crippen LogP contribution in [0.5, 0.6) is 0 Å². The molecule has 0 aliphatic carbocycles. The van der Waals surface area contributed by atoms with Gasteiger partial charge in [-0.2, -0.15) is 5.26 Å². The molecule has 0 bridgehead atoms. The van der Waals surface area contributed by atoms with Crippen LogP contribution in [0, 0.1) is 11.3 Å². The van der Waals surface area contributed by atoms with E-state index in [1.807, 2.05) is 23.9 Å². The number of nitrogens with zero attached hydrogens (tertiary/aromatic N) is 5. The van der Waals surface area contributed by atoms with Crippen molar-refractivity contribution < 1.29 is 0 Å². The highest BCUT2D eigenvalue weighted by molar-refractivity contribution is 6.06. The van der Waals surface area contributed by atoms with Gasteiger partial charge in [-0.25, -0.2) is 15.0 Å². The molecule has 0 atom stereocenters. The van der Waals surface area contributed by atoms with E-state index >= 15 is 0 Å². The molecule has 1 N–H and O–H groups in total. The first-order valence-corrected chi connectivity index (χ1v) is 6.41. The Labute approximate surface area is 119 Å². The number of aromatic amines is 1. The zero-order valence-electron chi connectivity index (χ0n) is 11.2. The average molecular weight is 274 g/mol. The summed E-state index contributed by atoms with van der Waals surface area (Å²) >= 11 is 0. The maximum absolute atomic E-state index is 9.00. The Balaban J connectivity index is 2.04. The van der Waals surface area contributed by atoms with Crippen LogP contribution < -0.4 is 0 Å². The van der Waals surface area contributed by atoms with E-state index in [2.05, 4.69) is 26.0 Å². The second kappa shape index (κ2) is 4.15. The first kappa shape index (κ1) is 11.6. The van der Waals surface area contributed by atoms with Crippen molar-refractivity contribution in [2.24, 2.45) is 7.05 Å². The number of H-pyrrole nitrogens is 1. The fourth-order valence-corrected chi connectivity index (χ4v) is 2.50. The Hall–Kier alpha value is -3.20. The zero-order valence-corrected chi connectivity index (χ0v) is 11.2. The number of fused-ring (bicyclic) bond motifs is 3. The zero-order chi connectivity index (χ0) is 14.4. The third-order valence-corrected chi connectivity index (χ3v) is 3.53. The van der Waals surface area contributed by atoms with Gasteiger partial charge in [0.2, 0.25) is 0 Å². The summed E-state index contributed by atoms with van der Waals surface area (Å²) in [5.74, 6) is 0.855. The number of rotatable bonds is 1. The molecule has 0 aromatic carbocycles. The van der Waals surface area contributed by atoms with Crippen molar-refractivity contribution in [2.45, 2.75) is 0 Å². The fourth-order valence-electron chi connectivity index (χ4n) is 2.50. The van der Waals surface area contributed by atoms with Gasteiger partial charge in [-0.05, 0) is 12.1 Å². The van der Waals surface area contributed by atoms with E-state index in [4.69, 9.17) is 5.26 Å². The lowest BCUT2D eigenvalue weighted by Gasteiger charge is -2.01. The van der Waals surface area contributed by atoms with Crippen LogP contribution in [0.1, 0.15) is 5.69 Å². The maximum atomic E-state index is 9.00. The molecule has 4 rings (SSSR count). The van der Waals surface area contributed by atoms with Crippen LogP contribution in [0.2, 0.25) is 0 Å². The van der Waals surface area contributed by atoms with Crippen molar-refractivity contribution >= 4 is 21.9 Å². The fraction of sp³-hybridized carbons (Fsp3) is 0.0667. The first-order valence-electron chi connectivity index (χ1n) is 6.41. The van der Waals surface area contributed by atoms with Crippen LogP contribution in [-0.4, -0.2) is 24.5 Å². The minimum absolute atomic E-state index is 0.394. The second-order valence-corrected chi connectivity index (χ2v) is 4.83. The summed E-state index contributed by atoms with van der Waals surface area (Å²) in [5, 5.41) is 10.9. The SMILES string of the molecule is Cn1ccnc1-c1cnc2[nH]c3cnc(C#N)cc3c2c1. The Morgan fingerprint density at radius 3 is 2.81 bits per heavy atom. The summed E-state index contributed by atoms with van der Waals surface area (Å²) in [7, 11) is 1.94. The lowest BCUT2D eigenvalue weighted by molar-refractivity contribution is 0.924. The first-order chi connectivity index (χ1) is 10.3. The number of nitriles is 1. The predicted octanol–water partition coefficient (Wildman–Crippen LogP) is 2.38. The summed E-state index contributed by atoms with van der Waals surface area (Å²) in [4.78, 5) is 16.1. The highest BCUT2D eigenvalue weighted by atomic mass is 15.0. The number of hydrogen-bond donors (Lipinski definition) is 1. The number of aryl methyl sites for hydroxylation is 1. The van der Waals surface area contributed by atoms with Crippen molar-refractivity contribution in [3.63, 3.8) is 0 Å². The number of imidazole rings is 1. The van der Waals surface area contributed by atoms with Gasteiger partial charge >= 0.3 is 0 Å². The lowest BCUT2D eigenvalue weighted by Crippen LogP contribution is -1.91. The highest BCUT2D eigenvalue weighted by Crippen LogP contribution is 2.27. The minimum Gasteiger partial charge on any atom is -0.338 e. The molecule has 0 spiro atoms. The quantitative estimate of drug-likeness (QED) is 0.577. The Kier molecular flexibility index (Phi) is 2.29. The standard InChI is InChI=1S/C15H10N6/c1-21-3-2-17-15(21)9-4-12-11-5-10(6-16)18-8-13(11)20-14(12)19-7-9/h2-5,7-8H,1H3,(H,19,20). The molecule has 6 heteroatoms. The van der Waals surface area contributed by atoms with E-state index in [1.165, 1.54) is 0 Å². The molecule has 0 saturated heterocycles. The van der Waals surface area contributed by atoms with Crippen LogP contribution in [0.4, 0.5) is 0 Å². The third kappa shape index (κ3) is 1.68. The van der Waals surface area contributed by atoms with Crippen LogP contribution in [0.15, 0.2) is 36.9 Å². The van der Waals surface area contributed by atoms with E-state index in [-0.39, 0.29) is 0 Å². The van der Waals surface area contributed by atoms with E-state index in [0.29, 0.717) is 5.69 Å². The molecular weight excluding hydrogens is 264 g/mol. The molecular formula is C15H10N6. The van der Waals surface area contributed by atoms with E-state index in [0.717, 1.165) is 33.3 Å². The van der Waals surface area contributed by atoms with Crippen molar-refractivity contribution in [2.75, 3.05) is 0 Å². The van der Waals surface area contributed by atoms with Crippen LogP contribution in [0.3, 0.4) is 0 Å². The van der Waals surface area contributed by atoms with E-state index < -0.39 is 0 Å². The Morgan fingerprint density at radius 2 is 2.05 bits per heavy atom. The van der Waals surface area contributed by atoms with Gasteiger partial charge in [-0.3, -0.25) is 0 Å². The van der Waals surface area contributed by atoms with Gasteiger partial charge in [-0.15, -0.1) is 0 Å². The van der Waals surface area contributed by atoms with Crippen LogP contribution >= 0.6 is 0 Å². The molecule has 0 fully saturated rings. The Bertz CT molecular complexity index is 1020.